The van der Waals surface area contributed by atoms with Gasteiger partial charge in [-0.2, -0.15) is 0 Å². The summed E-state index contributed by atoms with van der Waals surface area (Å²) in [5.74, 6) is -1.35. The van der Waals surface area contributed by atoms with Crippen LogP contribution in [0.25, 0.3) is 6.08 Å². The number of para-hydroxylation sites is 1. The van der Waals surface area contributed by atoms with Crippen molar-refractivity contribution in [1.29, 1.82) is 0 Å². The number of likely N-dealkylation sites (N-methyl/N-ethyl adjacent to an activating group) is 1. The van der Waals surface area contributed by atoms with Gasteiger partial charge in [0.1, 0.15) is 30.3 Å². The molecule has 9 nitrogen and oxygen atoms in total. The summed E-state index contributed by atoms with van der Waals surface area (Å²) >= 11 is 0. The third kappa shape index (κ3) is 8.87. The Hall–Kier alpha value is -3.76. The molecule has 2 aromatic rings. The largest absolute Gasteiger partial charge is 0.492 e. The van der Waals surface area contributed by atoms with Crippen LogP contribution in [0.15, 0.2) is 54.6 Å². The van der Waals surface area contributed by atoms with E-state index in [0.717, 1.165) is 5.56 Å². The zero-order valence-electron chi connectivity index (χ0n) is 25.0. The summed E-state index contributed by atoms with van der Waals surface area (Å²) in [5.41, 5.74) is -0.181. The molecule has 0 saturated heterocycles. The van der Waals surface area contributed by atoms with Crippen molar-refractivity contribution in [3.8, 4) is 5.75 Å². The van der Waals surface area contributed by atoms with Crippen LogP contribution in [-0.2, 0) is 20.8 Å². The molecule has 3 amide bonds. The van der Waals surface area contributed by atoms with Crippen molar-refractivity contribution in [2.24, 2.45) is 5.92 Å². The molecule has 1 unspecified atom stereocenters. The van der Waals surface area contributed by atoms with Crippen LogP contribution in [0.5, 0.6) is 5.75 Å². The number of carbonyl (C=O) groups is 3. The highest BCUT2D eigenvalue weighted by atomic mass is 19.1. The van der Waals surface area contributed by atoms with E-state index < -0.39 is 41.4 Å². The van der Waals surface area contributed by atoms with Crippen LogP contribution >= 0.6 is 0 Å². The van der Waals surface area contributed by atoms with Gasteiger partial charge in [-0.05, 0) is 43.5 Å². The van der Waals surface area contributed by atoms with Crippen LogP contribution < -0.4 is 20.7 Å². The first-order chi connectivity index (χ1) is 19.9. The molecule has 0 bridgehead atoms. The van der Waals surface area contributed by atoms with Gasteiger partial charge in [-0.15, -0.1) is 0 Å². The standard InChI is InChI=1S/C32H43FN4O5/c1-6-21(2)27-31(40)37(5)28(32(3,4)41)30(39)36-25(20-22-13-15-24(33)16-14-22)29(38)35-17-9-11-23-10-7-8-12-26(23)42-19-18-34-27/h7-16,21,25,27-28,34,41H,6,17-20H2,1-5H3,(H,35,38)(H,36,39)/b11-9+/t21?,25-,27+,28-/m1/s1. The van der Waals surface area contributed by atoms with Crippen LogP contribution in [0.2, 0.25) is 0 Å². The van der Waals surface area contributed by atoms with E-state index in [-0.39, 0.29) is 24.8 Å². The molecule has 0 radical (unpaired) electrons. The van der Waals surface area contributed by atoms with Crippen molar-refractivity contribution in [2.75, 3.05) is 26.7 Å². The van der Waals surface area contributed by atoms with Gasteiger partial charge in [0.05, 0.1) is 11.6 Å². The number of nitrogens with zero attached hydrogens (tertiary/aromatic N) is 1. The second kappa shape index (κ2) is 14.9. The summed E-state index contributed by atoms with van der Waals surface area (Å²) in [6.07, 6.45) is 4.39. The fraction of sp³-hybridized carbons (Fsp3) is 0.469. The Bertz CT molecular complexity index is 1240. The molecular formula is C32H43FN4O5. The first-order valence-corrected chi connectivity index (χ1v) is 14.4. The molecule has 0 aliphatic carbocycles. The molecule has 0 saturated carbocycles. The van der Waals surface area contributed by atoms with Gasteiger partial charge < -0.3 is 30.7 Å². The Labute approximate surface area is 247 Å². The van der Waals surface area contributed by atoms with E-state index in [2.05, 4.69) is 16.0 Å². The predicted molar refractivity (Wildman–Crippen MR) is 160 cm³/mol. The number of fused-ring (bicyclic) bond motifs is 1. The minimum Gasteiger partial charge on any atom is -0.492 e. The number of hydrogen-bond donors (Lipinski definition) is 4. The lowest BCUT2D eigenvalue weighted by Gasteiger charge is -2.39. The number of rotatable bonds is 5. The lowest BCUT2D eigenvalue weighted by Crippen LogP contribution is -2.63. The van der Waals surface area contributed by atoms with Crippen molar-refractivity contribution in [1.82, 2.24) is 20.9 Å². The summed E-state index contributed by atoms with van der Waals surface area (Å²) < 4.78 is 19.5. The van der Waals surface area contributed by atoms with Crippen LogP contribution in [-0.4, -0.2) is 78.2 Å². The molecule has 10 heteroatoms. The number of hydrogen-bond acceptors (Lipinski definition) is 6. The third-order valence-corrected chi connectivity index (χ3v) is 7.45. The predicted octanol–water partition coefficient (Wildman–Crippen LogP) is 2.68. The highest BCUT2D eigenvalue weighted by Gasteiger charge is 2.42. The molecule has 1 aliphatic rings. The molecule has 1 heterocycles. The summed E-state index contributed by atoms with van der Waals surface area (Å²) in [7, 11) is 1.48. The van der Waals surface area contributed by atoms with Gasteiger partial charge in [-0.25, -0.2) is 4.39 Å². The minimum atomic E-state index is -1.64. The van der Waals surface area contributed by atoms with Crippen molar-refractivity contribution in [2.45, 2.75) is 64.3 Å². The number of benzene rings is 2. The normalized spacial score (nSPS) is 23.0. The highest BCUT2D eigenvalue weighted by molar-refractivity contribution is 5.94. The Balaban J connectivity index is 1.99. The number of ether oxygens (including phenoxy) is 1. The second-order valence-electron chi connectivity index (χ2n) is 11.2. The molecule has 4 N–H and O–H groups in total. The number of amides is 3. The van der Waals surface area contributed by atoms with Gasteiger partial charge in [-0.1, -0.05) is 62.8 Å². The lowest BCUT2D eigenvalue weighted by atomic mass is 9.92. The smallest absolute Gasteiger partial charge is 0.246 e. The number of aliphatic hydroxyl groups is 1. The number of nitrogens with one attached hydrogen (secondary N) is 3. The molecular weight excluding hydrogens is 539 g/mol. The monoisotopic (exact) mass is 582 g/mol. The van der Waals surface area contributed by atoms with Gasteiger partial charge in [0.25, 0.3) is 0 Å². The van der Waals surface area contributed by atoms with E-state index >= 15 is 0 Å². The maximum atomic E-state index is 13.8. The van der Waals surface area contributed by atoms with E-state index in [9.17, 15) is 23.9 Å². The molecule has 0 aromatic heterocycles. The van der Waals surface area contributed by atoms with E-state index in [1.165, 1.54) is 37.9 Å². The molecule has 0 spiro atoms. The summed E-state index contributed by atoms with van der Waals surface area (Å²) in [4.78, 5) is 42.1. The number of halogens is 1. The SMILES string of the molecule is CCC(C)[C@@H]1NCCOc2ccccc2/C=C/CNC(=O)[C@@H](Cc2ccc(F)cc2)NC(=O)[C@H](C(C)(C)O)N(C)C1=O. The van der Waals surface area contributed by atoms with E-state index in [1.807, 2.05) is 44.2 Å². The average molecular weight is 583 g/mol. The summed E-state index contributed by atoms with van der Waals surface area (Å²) in [5, 5.41) is 19.9. The van der Waals surface area contributed by atoms with Gasteiger partial charge in [-0.3, -0.25) is 14.4 Å². The van der Waals surface area contributed by atoms with Crippen molar-refractivity contribution < 1.29 is 28.6 Å². The molecule has 4 atom stereocenters. The molecule has 2 aromatic carbocycles. The summed E-state index contributed by atoms with van der Waals surface area (Å²) in [6.45, 7) is 7.66. The van der Waals surface area contributed by atoms with Gasteiger partial charge >= 0.3 is 0 Å². The minimum absolute atomic E-state index is 0.0749. The van der Waals surface area contributed by atoms with Crippen LogP contribution in [0.1, 0.15) is 45.2 Å². The zero-order chi connectivity index (χ0) is 30.9. The van der Waals surface area contributed by atoms with Crippen molar-refractivity contribution >= 4 is 23.8 Å². The number of carbonyl (C=O) groups excluding carboxylic acids is 3. The van der Waals surface area contributed by atoms with E-state index in [4.69, 9.17) is 4.74 Å². The van der Waals surface area contributed by atoms with Gasteiger partial charge in [0.15, 0.2) is 0 Å². The van der Waals surface area contributed by atoms with Crippen LogP contribution in [0.3, 0.4) is 0 Å². The fourth-order valence-corrected chi connectivity index (χ4v) is 4.99. The maximum absolute atomic E-state index is 13.8. The van der Waals surface area contributed by atoms with E-state index in [0.29, 0.717) is 30.9 Å². The maximum Gasteiger partial charge on any atom is 0.246 e. The van der Waals surface area contributed by atoms with Gasteiger partial charge in [0, 0.05) is 32.1 Å². The zero-order valence-corrected chi connectivity index (χ0v) is 25.0. The molecule has 3 rings (SSSR count). The van der Waals surface area contributed by atoms with Crippen LogP contribution in [0.4, 0.5) is 4.39 Å². The molecule has 42 heavy (non-hydrogen) atoms. The molecule has 0 fully saturated rings. The Morgan fingerprint density at radius 3 is 2.45 bits per heavy atom. The molecule has 1 aliphatic heterocycles. The Morgan fingerprint density at radius 2 is 1.79 bits per heavy atom. The lowest BCUT2D eigenvalue weighted by molar-refractivity contribution is -0.150. The third-order valence-electron chi connectivity index (χ3n) is 7.45. The van der Waals surface area contributed by atoms with E-state index in [1.54, 1.807) is 18.2 Å². The van der Waals surface area contributed by atoms with Gasteiger partial charge in [0.2, 0.25) is 17.7 Å². The average Bonchev–Trinajstić information content (AvgIpc) is 2.94. The van der Waals surface area contributed by atoms with Crippen molar-refractivity contribution in [3.05, 3.63) is 71.6 Å². The Kier molecular flexibility index (Phi) is 11.6. The summed E-state index contributed by atoms with van der Waals surface area (Å²) in [6, 6.07) is 10.2. The Morgan fingerprint density at radius 1 is 1.10 bits per heavy atom. The fourth-order valence-electron chi connectivity index (χ4n) is 4.99. The first-order valence-electron chi connectivity index (χ1n) is 14.4. The second-order valence-corrected chi connectivity index (χ2v) is 11.2. The quantitative estimate of drug-likeness (QED) is 0.431. The first kappa shape index (κ1) is 32.8. The van der Waals surface area contributed by atoms with Crippen LogP contribution in [0, 0.1) is 11.7 Å². The topological polar surface area (TPSA) is 120 Å². The molecule has 228 valence electrons. The highest BCUT2D eigenvalue weighted by Crippen LogP contribution is 2.21. The van der Waals surface area contributed by atoms with Crippen molar-refractivity contribution in [3.63, 3.8) is 0 Å².